The molecule has 3 aromatic carbocycles. The number of hydrogen-bond donors (Lipinski definition) is 3. The number of rotatable bonds is 8. The molecule has 11 heteroatoms. The van der Waals surface area contributed by atoms with Crippen molar-refractivity contribution in [3.8, 4) is 17.2 Å². The molecule has 0 bridgehead atoms. The van der Waals surface area contributed by atoms with Crippen LogP contribution in [0, 0.1) is 11.7 Å². The Morgan fingerprint density at radius 1 is 1.12 bits per heavy atom. The Bertz CT molecular complexity index is 1440. The van der Waals surface area contributed by atoms with Gasteiger partial charge in [-0.3, -0.25) is 9.69 Å². The Balaban J connectivity index is 1.40. The molecule has 3 aromatic rings. The van der Waals surface area contributed by atoms with Gasteiger partial charge in [0.1, 0.15) is 11.9 Å². The van der Waals surface area contributed by atoms with Gasteiger partial charge >= 0.3 is 6.03 Å². The van der Waals surface area contributed by atoms with Crippen LogP contribution in [0.2, 0.25) is 0 Å². The van der Waals surface area contributed by atoms with Gasteiger partial charge in [-0.1, -0.05) is 19.1 Å². The van der Waals surface area contributed by atoms with Crippen LogP contribution in [0.5, 0.6) is 17.2 Å². The number of benzene rings is 3. The number of carbonyl (C=O) groups is 2. The lowest BCUT2D eigenvalue weighted by Gasteiger charge is -2.38. The van der Waals surface area contributed by atoms with E-state index in [1.165, 1.54) is 24.3 Å². The molecule has 2 heterocycles. The van der Waals surface area contributed by atoms with Crippen molar-refractivity contribution in [2.75, 3.05) is 44.2 Å². The van der Waals surface area contributed by atoms with Gasteiger partial charge in [-0.05, 0) is 68.1 Å². The molecule has 0 unspecified atom stereocenters. The number of carbonyl (C=O) groups excluding carboxylic acids is 2. The van der Waals surface area contributed by atoms with Crippen LogP contribution in [0.25, 0.3) is 0 Å². The molecule has 0 aliphatic carbocycles. The lowest BCUT2D eigenvalue weighted by molar-refractivity contribution is 0.0343. The maximum absolute atomic E-state index is 13.7. The van der Waals surface area contributed by atoms with Crippen LogP contribution < -0.4 is 24.8 Å². The van der Waals surface area contributed by atoms with Crippen LogP contribution in [0.1, 0.15) is 29.8 Å². The normalized spacial score (nSPS) is 18.5. The molecule has 0 aromatic heterocycles. The average molecular weight is 579 g/mol. The highest BCUT2D eigenvalue weighted by Gasteiger charge is 2.34. The molecule has 2 aliphatic rings. The van der Waals surface area contributed by atoms with E-state index < -0.39 is 17.9 Å². The Morgan fingerprint density at radius 2 is 1.88 bits per heavy atom. The molecule has 2 aliphatic heterocycles. The first-order valence-electron chi connectivity index (χ1n) is 13.8. The van der Waals surface area contributed by atoms with E-state index in [1.54, 1.807) is 30.0 Å². The monoisotopic (exact) mass is 578 g/mol. The van der Waals surface area contributed by atoms with Crippen molar-refractivity contribution in [3.63, 3.8) is 0 Å². The van der Waals surface area contributed by atoms with Crippen molar-refractivity contribution in [2.24, 2.45) is 5.92 Å². The van der Waals surface area contributed by atoms with Crippen molar-refractivity contribution in [1.29, 1.82) is 0 Å². The minimum absolute atomic E-state index is 0.114. The average Bonchev–Trinajstić information content (AvgIpc) is 3.44. The highest BCUT2D eigenvalue weighted by atomic mass is 19.1. The molecule has 3 N–H and O–H groups in total. The van der Waals surface area contributed by atoms with Gasteiger partial charge < -0.3 is 34.9 Å². The first-order chi connectivity index (χ1) is 20.2. The molecule has 3 atom stereocenters. The van der Waals surface area contributed by atoms with E-state index in [0.717, 1.165) is 11.3 Å². The van der Waals surface area contributed by atoms with Crippen LogP contribution in [0.15, 0.2) is 60.7 Å². The van der Waals surface area contributed by atoms with E-state index in [4.69, 9.17) is 14.2 Å². The van der Waals surface area contributed by atoms with E-state index in [-0.39, 0.29) is 42.6 Å². The topological polar surface area (TPSA) is 113 Å². The van der Waals surface area contributed by atoms with Gasteiger partial charge in [-0.15, -0.1) is 0 Å². The molecular weight excluding hydrogens is 543 g/mol. The Kier molecular flexibility index (Phi) is 8.79. The highest BCUT2D eigenvalue weighted by molar-refractivity contribution is 6.04. The predicted octanol–water partition coefficient (Wildman–Crippen LogP) is 4.55. The molecule has 222 valence electrons. The number of hydrogen-bond acceptors (Lipinski definition) is 7. The molecule has 0 saturated carbocycles. The van der Waals surface area contributed by atoms with E-state index in [2.05, 4.69) is 15.5 Å². The van der Waals surface area contributed by atoms with Crippen molar-refractivity contribution in [1.82, 2.24) is 9.80 Å². The third kappa shape index (κ3) is 6.58. The largest absolute Gasteiger partial charge is 0.486 e. The second kappa shape index (κ2) is 12.7. The predicted molar refractivity (Wildman–Crippen MR) is 156 cm³/mol. The first kappa shape index (κ1) is 29.2. The zero-order valence-corrected chi connectivity index (χ0v) is 23.8. The summed E-state index contributed by atoms with van der Waals surface area (Å²) < 4.78 is 30.8. The number of fused-ring (bicyclic) bond motifs is 2. The Labute approximate surface area is 244 Å². The number of nitrogens with zero attached hydrogens (tertiary/aromatic N) is 2. The number of anilines is 2. The summed E-state index contributed by atoms with van der Waals surface area (Å²) in [5, 5.41) is 15.4. The van der Waals surface area contributed by atoms with Crippen LogP contribution in [-0.2, 0) is 6.54 Å². The number of aliphatic hydroxyl groups is 1. The second-order valence-electron chi connectivity index (χ2n) is 10.8. The van der Waals surface area contributed by atoms with E-state index in [1.807, 2.05) is 32.2 Å². The van der Waals surface area contributed by atoms with Crippen LogP contribution >= 0.6 is 0 Å². The fourth-order valence-electron chi connectivity index (χ4n) is 5.10. The summed E-state index contributed by atoms with van der Waals surface area (Å²) in [6.07, 6.45) is -0.368. The van der Waals surface area contributed by atoms with Gasteiger partial charge in [0.2, 0.25) is 6.79 Å². The molecule has 10 nitrogen and oxygen atoms in total. The van der Waals surface area contributed by atoms with Crippen LogP contribution in [0.4, 0.5) is 20.6 Å². The van der Waals surface area contributed by atoms with Crippen molar-refractivity contribution in [2.45, 2.75) is 32.5 Å². The van der Waals surface area contributed by atoms with Gasteiger partial charge in [-0.25, -0.2) is 9.18 Å². The van der Waals surface area contributed by atoms with E-state index >= 15 is 0 Å². The zero-order chi connectivity index (χ0) is 29.8. The molecule has 42 heavy (non-hydrogen) atoms. The number of nitrogens with one attached hydrogen (secondary N) is 2. The maximum Gasteiger partial charge on any atom is 0.323 e. The van der Waals surface area contributed by atoms with Crippen LogP contribution in [0.3, 0.4) is 0 Å². The quantitative estimate of drug-likeness (QED) is 0.360. The number of para-hydroxylation sites is 1. The number of ether oxygens (including phenoxy) is 3. The van der Waals surface area contributed by atoms with Crippen molar-refractivity contribution >= 4 is 23.3 Å². The first-order valence-corrected chi connectivity index (χ1v) is 13.8. The third-order valence-corrected chi connectivity index (χ3v) is 7.42. The number of urea groups is 1. The lowest BCUT2D eigenvalue weighted by atomic mass is 9.99. The van der Waals surface area contributed by atoms with E-state index in [9.17, 15) is 19.1 Å². The molecule has 0 saturated heterocycles. The molecule has 3 amide bonds. The van der Waals surface area contributed by atoms with Gasteiger partial charge in [0, 0.05) is 31.2 Å². The van der Waals surface area contributed by atoms with E-state index in [0.29, 0.717) is 36.8 Å². The van der Waals surface area contributed by atoms with Gasteiger partial charge in [0.05, 0.1) is 23.9 Å². The number of likely N-dealkylation sites (N-methyl/N-ethyl adjacent to an activating group) is 1. The van der Waals surface area contributed by atoms with Crippen LogP contribution in [-0.4, -0.2) is 72.5 Å². The number of aliphatic hydroxyl groups excluding tert-OH is 1. The molecule has 0 spiro atoms. The summed E-state index contributed by atoms with van der Waals surface area (Å²) >= 11 is 0. The maximum atomic E-state index is 13.7. The Hall–Kier alpha value is -4.35. The third-order valence-electron chi connectivity index (χ3n) is 7.42. The highest BCUT2D eigenvalue weighted by Crippen LogP contribution is 2.36. The summed E-state index contributed by atoms with van der Waals surface area (Å²) in [4.78, 5) is 30.4. The van der Waals surface area contributed by atoms with Crippen molar-refractivity contribution < 1.29 is 33.3 Å². The molecule has 0 fully saturated rings. The number of halogens is 1. The van der Waals surface area contributed by atoms with Gasteiger partial charge in [0.25, 0.3) is 5.91 Å². The van der Waals surface area contributed by atoms with Gasteiger partial charge in [-0.2, -0.15) is 0 Å². The van der Waals surface area contributed by atoms with Crippen molar-refractivity contribution in [3.05, 3.63) is 77.6 Å². The summed E-state index contributed by atoms with van der Waals surface area (Å²) in [7, 11) is 1.99. The zero-order valence-electron chi connectivity index (χ0n) is 23.8. The fraction of sp³-hybridized carbons (Fsp3) is 0.355. The summed E-state index contributed by atoms with van der Waals surface area (Å²) in [5.74, 6) is 0.862. The standard InChI is InChI=1S/C31H35FN4O6/c1-19-14-36(20(2)17-37)30(38)24-5-4-6-25(34-31(39)33-23-10-8-22(32)9-11-23)29(24)42-28(19)16-35(3)15-21-7-12-26-27(13-21)41-18-40-26/h4-13,19-20,28,37H,14-18H2,1-3H3,(H2,33,34,39)/t19-,20+,28+/m0/s1. The lowest BCUT2D eigenvalue weighted by Crippen LogP contribution is -2.49. The second-order valence-corrected chi connectivity index (χ2v) is 10.8. The summed E-state index contributed by atoms with van der Waals surface area (Å²) in [5.41, 5.74) is 2.05. The fourth-order valence-corrected chi connectivity index (χ4v) is 5.10. The molecular formula is C31H35FN4O6. The smallest absolute Gasteiger partial charge is 0.323 e. The minimum atomic E-state index is -0.571. The SMILES string of the molecule is C[C@H](CO)N1C[C@H](C)[C@@H](CN(C)Cc2ccc3c(c2)OCO3)Oc2c(NC(=O)Nc3ccc(F)cc3)cccc2C1=O. The molecule has 0 radical (unpaired) electrons. The summed E-state index contributed by atoms with van der Waals surface area (Å²) in [6.45, 7) is 5.33. The number of amides is 3. The van der Waals surface area contributed by atoms with Gasteiger partial charge in [0.15, 0.2) is 17.2 Å². The summed E-state index contributed by atoms with van der Waals surface area (Å²) in [6, 6.07) is 15.2. The molecule has 5 rings (SSSR count). The minimum Gasteiger partial charge on any atom is -0.486 e. The Morgan fingerprint density at radius 3 is 2.64 bits per heavy atom.